The van der Waals surface area contributed by atoms with Gasteiger partial charge in [0.15, 0.2) is 0 Å². The van der Waals surface area contributed by atoms with Crippen molar-refractivity contribution in [3.05, 3.63) is 0 Å². The summed E-state index contributed by atoms with van der Waals surface area (Å²) in [7, 11) is 0. The molecule has 1 saturated carbocycles. The third-order valence-corrected chi connectivity index (χ3v) is 1.99. The lowest BCUT2D eigenvalue weighted by Crippen LogP contribution is -2.36. The molecule has 0 radical (unpaired) electrons. The van der Waals surface area contributed by atoms with E-state index in [1.54, 1.807) is 0 Å². The second-order valence-corrected chi connectivity index (χ2v) is 2.72. The van der Waals surface area contributed by atoms with Crippen molar-refractivity contribution in [1.29, 1.82) is 5.26 Å². The van der Waals surface area contributed by atoms with Crippen LogP contribution in [0.15, 0.2) is 0 Å². The van der Waals surface area contributed by atoms with E-state index in [-0.39, 0.29) is 5.92 Å². The van der Waals surface area contributed by atoms with Crippen molar-refractivity contribution in [3.8, 4) is 6.07 Å². The van der Waals surface area contributed by atoms with Gasteiger partial charge in [0, 0.05) is 0 Å². The maximum atomic E-state index is 9.16. The van der Waals surface area contributed by atoms with Gasteiger partial charge >= 0.3 is 0 Å². The summed E-state index contributed by atoms with van der Waals surface area (Å²) in [5, 5.41) is 26.7. The van der Waals surface area contributed by atoms with Gasteiger partial charge in [-0.2, -0.15) is 5.26 Å². The molecule has 1 aliphatic rings. The lowest BCUT2D eigenvalue weighted by molar-refractivity contribution is -0.0293. The molecule has 0 aliphatic heterocycles. The number of hydrogen-bond acceptors (Lipinski definition) is 3. The van der Waals surface area contributed by atoms with E-state index in [2.05, 4.69) is 0 Å². The van der Waals surface area contributed by atoms with Crippen molar-refractivity contribution >= 4 is 0 Å². The van der Waals surface area contributed by atoms with Crippen LogP contribution in [0.4, 0.5) is 0 Å². The molecule has 0 bridgehead atoms. The smallest absolute Gasteiger partial charge is 0.0956 e. The molecule has 0 unspecified atom stereocenters. The molecule has 3 heteroatoms. The highest BCUT2D eigenvalue weighted by Gasteiger charge is 2.29. The Bertz CT molecular complexity index is 152. The Kier molecular flexibility index (Phi) is 2.25. The lowest BCUT2D eigenvalue weighted by Gasteiger charge is -2.26. The van der Waals surface area contributed by atoms with Crippen molar-refractivity contribution in [2.45, 2.75) is 31.5 Å². The number of aliphatic hydroxyl groups is 2. The fourth-order valence-corrected chi connectivity index (χ4v) is 1.30. The number of nitriles is 1. The molecule has 1 aliphatic carbocycles. The van der Waals surface area contributed by atoms with Crippen LogP contribution >= 0.6 is 0 Å². The van der Waals surface area contributed by atoms with Gasteiger partial charge in [-0.3, -0.25) is 0 Å². The molecule has 0 saturated heterocycles. The molecule has 56 valence electrons. The standard InChI is InChI=1S/C7H11NO2/c8-4-5-2-1-3-6(9)7(5)10/h5-7,9-10H,1-3H2/t5-,6-,7+/m0/s1. The third-order valence-electron chi connectivity index (χ3n) is 1.99. The highest BCUT2D eigenvalue weighted by molar-refractivity contribution is 4.94. The summed E-state index contributed by atoms with van der Waals surface area (Å²) < 4.78 is 0. The number of hydrogen-bond donors (Lipinski definition) is 2. The van der Waals surface area contributed by atoms with E-state index in [4.69, 9.17) is 15.5 Å². The fraction of sp³-hybridized carbons (Fsp3) is 0.857. The zero-order valence-electron chi connectivity index (χ0n) is 5.70. The summed E-state index contributed by atoms with van der Waals surface area (Å²) in [5.74, 6) is -0.358. The molecule has 3 atom stereocenters. The molecular formula is C7H11NO2. The summed E-state index contributed by atoms with van der Waals surface area (Å²) in [4.78, 5) is 0. The summed E-state index contributed by atoms with van der Waals surface area (Å²) in [5.41, 5.74) is 0. The van der Waals surface area contributed by atoms with Gasteiger partial charge in [-0.15, -0.1) is 0 Å². The Morgan fingerprint density at radius 1 is 1.30 bits per heavy atom. The van der Waals surface area contributed by atoms with E-state index in [0.29, 0.717) is 12.8 Å². The quantitative estimate of drug-likeness (QED) is 0.500. The predicted molar refractivity (Wildman–Crippen MR) is 35.0 cm³/mol. The molecule has 0 aromatic heterocycles. The minimum absolute atomic E-state index is 0.358. The lowest BCUT2D eigenvalue weighted by atomic mass is 9.86. The van der Waals surface area contributed by atoms with Crippen LogP contribution in [0.2, 0.25) is 0 Å². The van der Waals surface area contributed by atoms with E-state index in [0.717, 1.165) is 6.42 Å². The van der Waals surface area contributed by atoms with Gasteiger partial charge in [-0.05, 0) is 19.3 Å². The molecule has 0 amide bonds. The van der Waals surface area contributed by atoms with E-state index < -0.39 is 12.2 Å². The summed E-state index contributed by atoms with van der Waals surface area (Å²) in [6.07, 6.45) is 0.682. The van der Waals surface area contributed by atoms with Crippen LogP contribution in [0.3, 0.4) is 0 Å². The molecule has 0 aromatic carbocycles. The molecule has 0 heterocycles. The summed E-state index contributed by atoms with van der Waals surface area (Å²) in [6.45, 7) is 0. The van der Waals surface area contributed by atoms with E-state index in [9.17, 15) is 0 Å². The van der Waals surface area contributed by atoms with Crippen LogP contribution in [0.1, 0.15) is 19.3 Å². The molecule has 0 aromatic rings. The van der Waals surface area contributed by atoms with Gasteiger partial charge < -0.3 is 10.2 Å². The second kappa shape index (κ2) is 3.00. The van der Waals surface area contributed by atoms with Crippen molar-refractivity contribution < 1.29 is 10.2 Å². The molecule has 1 fully saturated rings. The second-order valence-electron chi connectivity index (χ2n) is 2.72. The SMILES string of the molecule is N#C[C@@H]1CCC[C@H](O)[C@@H]1O. The van der Waals surface area contributed by atoms with Crippen molar-refractivity contribution in [2.24, 2.45) is 5.92 Å². The average molecular weight is 141 g/mol. The highest BCUT2D eigenvalue weighted by Crippen LogP contribution is 2.23. The summed E-state index contributed by atoms with van der Waals surface area (Å²) >= 11 is 0. The fourth-order valence-electron chi connectivity index (χ4n) is 1.30. The van der Waals surface area contributed by atoms with Gasteiger partial charge in [0.1, 0.15) is 0 Å². The van der Waals surface area contributed by atoms with E-state index in [1.165, 1.54) is 0 Å². The van der Waals surface area contributed by atoms with Crippen LogP contribution in [0.5, 0.6) is 0 Å². The minimum Gasteiger partial charge on any atom is -0.390 e. The zero-order valence-corrected chi connectivity index (χ0v) is 5.70. The van der Waals surface area contributed by atoms with E-state index in [1.807, 2.05) is 6.07 Å². The van der Waals surface area contributed by atoms with Crippen LogP contribution in [0, 0.1) is 17.2 Å². The molecule has 2 N–H and O–H groups in total. The first-order chi connectivity index (χ1) is 4.75. The largest absolute Gasteiger partial charge is 0.390 e. The molecule has 1 rings (SSSR count). The van der Waals surface area contributed by atoms with Crippen molar-refractivity contribution in [3.63, 3.8) is 0 Å². The molecule has 10 heavy (non-hydrogen) atoms. The first-order valence-electron chi connectivity index (χ1n) is 3.51. The Morgan fingerprint density at radius 2 is 2.00 bits per heavy atom. The van der Waals surface area contributed by atoms with Gasteiger partial charge in [0.2, 0.25) is 0 Å². The first kappa shape index (κ1) is 7.52. The van der Waals surface area contributed by atoms with Gasteiger partial charge in [0.25, 0.3) is 0 Å². The topological polar surface area (TPSA) is 64.2 Å². The van der Waals surface area contributed by atoms with Gasteiger partial charge in [-0.1, -0.05) is 0 Å². The Hall–Kier alpha value is -0.590. The van der Waals surface area contributed by atoms with Gasteiger partial charge in [0.05, 0.1) is 24.2 Å². The van der Waals surface area contributed by atoms with Gasteiger partial charge in [-0.25, -0.2) is 0 Å². The molecular weight excluding hydrogens is 130 g/mol. The van der Waals surface area contributed by atoms with E-state index >= 15 is 0 Å². The Morgan fingerprint density at radius 3 is 2.50 bits per heavy atom. The Labute approximate surface area is 59.9 Å². The minimum atomic E-state index is -0.821. The predicted octanol–water partition coefficient (Wildman–Crippen LogP) is 0.0319. The summed E-state index contributed by atoms with van der Waals surface area (Å²) in [6, 6.07) is 1.97. The van der Waals surface area contributed by atoms with Crippen LogP contribution < -0.4 is 0 Å². The van der Waals surface area contributed by atoms with Crippen molar-refractivity contribution in [1.82, 2.24) is 0 Å². The maximum Gasteiger partial charge on any atom is 0.0956 e. The third kappa shape index (κ3) is 1.28. The molecule has 3 nitrogen and oxygen atoms in total. The van der Waals surface area contributed by atoms with Crippen molar-refractivity contribution in [2.75, 3.05) is 0 Å². The maximum absolute atomic E-state index is 9.16. The number of aliphatic hydroxyl groups excluding tert-OH is 2. The number of nitrogens with zero attached hydrogens (tertiary/aromatic N) is 1. The average Bonchev–Trinajstić information content (AvgIpc) is 1.95. The zero-order chi connectivity index (χ0) is 7.56. The highest BCUT2D eigenvalue weighted by atomic mass is 16.3. The number of rotatable bonds is 0. The monoisotopic (exact) mass is 141 g/mol. The molecule has 0 spiro atoms. The van der Waals surface area contributed by atoms with Crippen LogP contribution in [-0.2, 0) is 0 Å². The normalized spacial score (nSPS) is 40.7. The Balaban J connectivity index is 2.53. The van der Waals surface area contributed by atoms with Crippen LogP contribution in [0.25, 0.3) is 0 Å². The van der Waals surface area contributed by atoms with Crippen LogP contribution in [-0.4, -0.2) is 22.4 Å². The first-order valence-corrected chi connectivity index (χ1v) is 3.51.